The van der Waals surface area contributed by atoms with E-state index in [1.165, 1.54) is 24.0 Å². The van der Waals surface area contributed by atoms with E-state index in [2.05, 4.69) is 28.8 Å². The molecule has 1 aromatic carbocycles. The molecule has 2 aliphatic rings. The third kappa shape index (κ3) is 3.56. The van der Waals surface area contributed by atoms with Crippen LogP contribution in [0.5, 0.6) is 0 Å². The summed E-state index contributed by atoms with van der Waals surface area (Å²) in [5.74, 6) is 0. The van der Waals surface area contributed by atoms with E-state index in [0.29, 0.717) is 13.1 Å². The number of carbonyl (C=O) groups is 1. The van der Waals surface area contributed by atoms with E-state index < -0.39 is 5.60 Å². The van der Waals surface area contributed by atoms with Gasteiger partial charge in [-0.2, -0.15) is 0 Å². The molecule has 0 atom stereocenters. The zero-order chi connectivity index (χ0) is 14.7. The van der Waals surface area contributed by atoms with Crippen molar-refractivity contribution in [3.05, 3.63) is 34.9 Å². The zero-order valence-electron chi connectivity index (χ0n) is 12.5. The van der Waals surface area contributed by atoms with Crippen LogP contribution >= 0.6 is 0 Å². The molecule has 0 aromatic heterocycles. The minimum atomic E-state index is -0.690. The molecule has 2 amide bonds. The summed E-state index contributed by atoms with van der Waals surface area (Å²) in [6, 6.07) is 6.27. The van der Waals surface area contributed by atoms with Gasteiger partial charge in [-0.1, -0.05) is 31.0 Å². The van der Waals surface area contributed by atoms with Gasteiger partial charge in [-0.25, -0.2) is 4.79 Å². The van der Waals surface area contributed by atoms with E-state index in [0.717, 1.165) is 37.7 Å². The number of amides is 2. The Hall–Kier alpha value is -1.55. The summed E-state index contributed by atoms with van der Waals surface area (Å²) in [6.07, 6.45) is 7.26. The van der Waals surface area contributed by atoms with Crippen LogP contribution in [0.2, 0.25) is 0 Å². The number of aryl methyl sites for hydroxylation is 2. The average molecular weight is 288 g/mol. The lowest BCUT2D eigenvalue weighted by Gasteiger charge is -2.22. The number of benzene rings is 1. The monoisotopic (exact) mass is 288 g/mol. The quantitative estimate of drug-likeness (QED) is 0.796. The van der Waals surface area contributed by atoms with Gasteiger partial charge in [0.15, 0.2) is 0 Å². The predicted molar refractivity (Wildman–Crippen MR) is 82.1 cm³/mol. The lowest BCUT2D eigenvalue weighted by Crippen LogP contribution is -2.44. The number of nitrogens with one attached hydrogen (secondary N) is 2. The molecule has 1 aromatic rings. The molecule has 0 heterocycles. The van der Waals surface area contributed by atoms with Crippen molar-refractivity contribution >= 4 is 6.03 Å². The molecule has 1 saturated carbocycles. The molecule has 3 N–H and O–H groups in total. The van der Waals surface area contributed by atoms with Gasteiger partial charge in [-0.15, -0.1) is 0 Å². The van der Waals surface area contributed by atoms with Crippen LogP contribution in [0.15, 0.2) is 18.2 Å². The van der Waals surface area contributed by atoms with Crippen LogP contribution in [0.1, 0.15) is 48.8 Å². The predicted octanol–water partition coefficient (Wildman–Crippen LogP) is 2.28. The van der Waals surface area contributed by atoms with Crippen LogP contribution in [0.3, 0.4) is 0 Å². The second-order valence-corrected chi connectivity index (χ2v) is 6.42. The summed E-state index contributed by atoms with van der Waals surface area (Å²) in [6.45, 7) is 0.889. The summed E-state index contributed by atoms with van der Waals surface area (Å²) in [5, 5.41) is 15.8. The Balaban J connectivity index is 1.45. The molecule has 0 radical (unpaired) electrons. The SMILES string of the molecule is O=C(NCc1ccc2c(c1)CCC2)NCC1(O)CCCC1. The van der Waals surface area contributed by atoms with Crippen LogP contribution in [0.4, 0.5) is 4.79 Å². The minimum absolute atomic E-state index is 0.198. The fourth-order valence-corrected chi connectivity index (χ4v) is 3.43. The topological polar surface area (TPSA) is 61.4 Å². The molecule has 0 bridgehead atoms. The molecule has 114 valence electrons. The molecule has 1 fully saturated rings. The number of rotatable bonds is 4. The van der Waals surface area contributed by atoms with Crippen molar-refractivity contribution in [1.29, 1.82) is 0 Å². The van der Waals surface area contributed by atoms with Gasteiger partial charge in [0.25, 0.3) is 0 Å². The molecular weight excluding hydrogens is 264 g/mol. The van der Waals surface area contributed by atoms with Gasteiger partial charge in [0.05, 0.1) is 5.60 Å². The molecule has 0 aliphatic heterocycles. The highest BCUT2D eigenvalue weighted by atomic mass is 16.3. The summed E-state index contributed by atoms with van der Waals surface area (Å²) in [4.78, 5) is 11.8. The average Bonchev–Trinajstić information content (AvgIpc) is 3.11. The maximum atomic E-state index is 11.8. The summed E-state index contributed by atoms with van der Waals surface area (Å²) in [5.41, 5.74) is 3.33. The maximum Gasteiger partial charge on any atom is 0.315 e. The molecule has 2 aliphatic carbocycles. The van der Waals surface area contributed by atoms with Gasteiger partial charge in [-0.05, 0) is 48.8 Å². The fraction of sp³-hybridized carbons (Fsp3) is 0.588. The van der Waals surface area contributed by atoms with E-state index in [-0.39, 0.29) is 6.03 Å². The third-order valence-corrected chi connectivity index (χ3v) is 4.73. The van der Waals surface area contributed by atoms with E-state index in [1.807, 2.05) is 0 Å². The van der Waals surface area contributed by atoms with Gasteiger partial charge in [0.1, 0.15) is 0 Å². The van der Waals surface area contributed by atoms with Crippen LogP contribution in [0.25, 0.3) is 0 Å². The normalized spacial score (nSPS) is 19.3. The first-order valence-corrected chi connectivity index (χ1v) is 7.99. The Bertz CT molecular complexity index is 522. The Morgan fingerprint density at radius 1 is 1.10 bits per heavy atom. The number of carbonyl (C=O) groups excluding carboxylic acids is 1. The number of hydrogen-bond donors (Lipinski definition) is 3. The first kappa shape index (κ1) is 14.4. The van der Waals surface area contributed by atoms with Gasteiger partial charge < -0.3 is 15.7 Å². The van der Waals surface area contributed by atoms with Crippen LogP contribution in [0, 0.1) is 0 Å². The smallest absolute Gasteiger partial charge is 0.315 e. The lowest BCUT2D eigenvalue weighted by atomic mass is 10.0. The van der Waals surface area contributed by atoms with Crippen LogP contribution in [-0.2, 0) is 19.4 Å². The van der Waals surface area contributed by atoms with Gasteiger partial charge in [0.2, 0.25) is 0 Å². The highest BCUT2D eigenvalue weighted by molar-refractivity contribution is 5.73. The maximum absolute atomic E-state index is 11.8. The first-order chi connectivity index (χ1) is 10.1. The molecule has 4 nitrogen and oxygen atoms in total. The molecular formula is C17H24N2O2. The van der Waals surface area contributed by atoms with Crippen molar-refractivity contribution in [3.63, 3.8) is 0 Å². The van der Waals surface area contributed by atoms with Crippen molar-refractivity contribution in [2.24, 2.45) is 0 Å². The van der Waals surface area contributed by atoms with E-state index in [1.54, 1.807) is 0 Å². The molecule has 0 saturated heterocycles. The zero-order valence-corrected chi connectivity index (χ0v) is 12.5. The number of fused-ring (bicyclic) bond motifs is 1. The summed E-state index contributed by atoms with van der Waals surface area (Å²) >= 11 is 0. The second-order valence-electron chi connectivity index (χ2n) is 6.42. The summed E-state index contributed by atoms with van der Waals surface area (Å²) < 4.78 is 0. The highest BCUT2D eigenvalue weighted by Gasteiger charge is 2.31. The summed E-state index contributed by atoms with van der Waals surface area (Å²) in [7, 11) is 0. The second kappa shape index (κ2) is 6.06. The van der Waals surface area contributed by atoms with Crippen molar-refractivity contribution in [3.8, 4) is 0 Å². The Morgan fingerprint density at radius 3 is 2.67 bits per heavy atom. The van der Waals surface area contributed by atoms with Crippen LogP contribution < -0.4 is 10.6 Å². The van der Waals surface area contributed by atoms with Crippen molar-refractivity contribution in [2.45, 2.75) is 57.1 Å². The minimum Gasteiger partial charge on any atom is -0.388 e. The number of hydrogen-bond acceptors (Lipinski definition) is 2. The Morgan fingerprint density at radius 2 is 1.86 bits per heavy atom. The largest absolute Gasteiger partial charge is 0.388 e. The van der Waals surface area contributed by atoms with Gasteiger partial charge in [0, 0.05) is 13.1 Å². The third-order valence-electron chi connectivity index (χ3n) is 4.73. The van der Waals surface area contributed by atoms with Crippen molar-refractivity contribution in [2.75, 3.05) is 6.54 Å². The highest BCUT2D eigenvalue weighted by Crippen LogP contribution is 2.28. The fourth-order valence-electron chi connectivity index (χ4n) is 3.43. The lowest BCUT2D eigenvalue weighted by molar-refractivity contribution is 0.0501. The van der Waals surface area contributed by atoms with E-state index in [4.69, 9.17) is 0 Å². The first-order valence-electron chi connectivity index (χ1n) is 7.99. The molecule has 0 spiro atoms. The Kier molecular flexibility index (Phi) is 4.15. The molecule has 3 rings (SSSR count). The number of aliphatic hydroxyl groups is 1. The van der Waals surface area contributed by atoms with Crippen molar-refractivity contribution in [1.82, 2.24) is 10.6 Å². The van der Waals surface area contributed by atoms with E-state index >= 15 is 0 Å². The van der Waals surface area contributed by atoms with Crippen LogP contribution in [-0.4, -0.2) is 23.3 Å². The van der Waals surface area contributed by atoms with Gasteiger partial charge >= 0.3 is 6.03 Å². The molecule has 0 unspecified atom stereocenters. The molecule has 21 heavy (non-hydrogen) atoms. The standard InChI is InChI=1S/C17H24N2O2/c20-16(19-12-17(21)8-1-2-9-17)18-11-13-6-7-14-4-3-5-15(14)10-13/h6-7,10,21H,1-5,8-9,11-12H2,(H2,18,19,20). The molecule has 4 heteroatoms. The number of urea groups is 1. The van der Waals surface area contributed by atoms with E-state index in [9.17, 15) is 9.90 Å². The Labute approximate surface area is 125 Å². The van der Waals surface area contributed by atoms with Gasteiger partial charge in [-0.3, -0.25) is 0 Å². The van der Waals surface area contributed by atoms with Crippen molar-refractivity contribution < 1.29 is 9.90 Å².